The number of rotatable bonds is 10. The summed E-state index contributed by atoms with van der Waals surface area (Å²) < 4.78 is 18.5. The minimum Gasteiger partial charge on any atom is -0.466 e. The van der Waals surface area contributed by atoms with Gasteiger partial charge in [0, 0.05) is 0 Å². The van der Waals surface area contributed by atoms with E-state index < -0.39 is 36.0 Å². The van der Waals surface area contributed by atoms with Crippen LogP contribution in [-0.2, 0) is 38.1 Å². The van der Waals surface area contributed by atoms with Gasteiger partial charge in [0.15, 0.2) is 0 Å². The molecule has 0 amide bonds. The second-order valence-electron chi connectivity index (χ2n) is 4.74. The van der Waals surface area contributed by atoms with E-state index in [0.29, 0.717) is 0 Å². The van der Waals surface area contributed by atoms with Gasteiger partial charge >= 0.3 is 23.9 Å². The summed E-state index contributed by atoms with van der Waals surface area (Å²) in [6.45, 7) is 7.82. The van der Waals surface area contributed by atoms with Gasteiger partial charge in [-0.25, -0.2) is 0 Å². The Balaban J connectivity index is 0. The third-order valence-electron chi connectivity index (χ3n) is 2.56. The standard InChI is InChI=1S/2C8H15NO4/c2*1-3-12-7(10)5-6(9)8(11)13-4-2/h2*6H,3-5,9H2,1-2H3/t2*6-/m00/s1. The van der Waals surface area contributed by atoms with Crippen molar-refractivity contribution >= 4 is 23.9 Å². The van der Waals surface area contributed by atoms with Gasteiger partial charge in [0.2, 0.25) is 0 Å². The van der Waals surface area contributed by atoms with Gasteiger partial charge in [-0.1, -0.05) is 0 Å². The first-order chi connectivity index (χ1) is 12.2. The molecule has 2 atom stereocenters. The van der Waals surface area contributed by atoms with Crippen LogP contribution in [0, 0.1) is 0 Å². The highest BCUT2D eigenvalue weighted by atomic mass is 16.5. The van der Waals surface area contributed by atoms with Crippen molar-refractivity contribution in [3.63, 3.8) is 0 Å². The zero-order valence-electron chi connectivity index (χ0n) is 15.8. The predicted octanol–water partition coefficient (Wildman–Crippen LogP) is -0.340. The van der Waals surface area contributed by atoms with Crippen molar-refractivity contribution in [3.8, 4) is 0 Å². The minimum absolute atomic E-state index is 0.132. The summed E-state index contributed by atoms with van der Waals surface area (Å²) in [6, 6.07) is -1.84. The molecule has 10 nitrogen and oxygen atoms in total. The quantitative estimate of drug-likeness (QED) is 0.380. The Morgan fingerprint density at radius 1 is 0.615 bits per heavy atom. The van der Waals surface area contributed by atoms with Crippen LogP contribution < -0.4 is 11.5 Å². The first kappa shape index (κ1) is 26.0. The maximum absolute atomic E-state index is 10.9. The highest BCUT2D eigenvalue weighted by Gasteiger charge is 2.19. The van der Waals surface area contributed by atoms with E-state index >= 15 is 0 Å². The van der Waals surface area contributed by atoms with E-state index in [2.05, 4.69) is 18.9 Å². The van der Waals surface area contributed by atoms with Gasteiger partial charge in [0.25, 0.3) is 0 Å². The fourth-order valence-electron chi connectivity index (χ4n) is 1.46. The average molecular weight is 378 g/mol. The maximum Gasteiger partial charge on any atom is 0.323 e. The Labute approximate surface area is 153 Å². The van der Waals surface area contributed by atoms with E-state index in [1.54, 1.807) is 27.7 Å². The summed E-state index contributed by atoms with van der Waals surface area (Å²) in [5, 5.41) is 0. The Morgan fingerprint density at radius 2 is 0.885 bits per heavy atom. The fourth-order valence-corrected chi connectivity index (χ4v) is 1.46. The normalized spacial score (nSPS) is 11.9. The van der Waals surface area contributed by atoms with Crippen molar-refractivity contribution in [1.82, 2.24) is 0 Å². The van der Waals surface area contributed by atoms with E-state index in [0.717, 1.165) is 0 Å². The molecule has 0 bridgehead atoms. The van der Waals surface area contributed by atoms with Gasteiger partial charge in [-0.15, -0.1) is 0 Å². The van der Waals surface area contributed by atoms with E-state index in [1.807, 2.05) is 0 Å². The van der Waals surface area contributed by atoms with Gasteiger partial charge in [-0.3, -0.25) is 19.2 Å². The van der Waals surface area contributed by atoms with E-state index in [4.69, 9.17) is 11.5 Å². The molecular weight excluding hydrogens is 348 g/mol. The number of ether oxygens (including phenoxy) is 4. The largest absolute Gasteiger partial charge is 0.466 e. The van der Waals surface area contributed by atoms with Gasteiger partial charge in [0.05, 0.1) is 39.3 Å². The van der Waals surface area contributed by atoms with Crippen LogP contribution in [0.4, 0.5) is 0 Å². The van der Waals surface area contributed by atoms with Crippen LogP contribution >= 0.6 is 0 Å². The maximum atomic E-state index is 10.9. The number of hydrogen-bond donors (Lipinski definition) is 2. The molecule has 0 saturated heterocycles. The summed E-state index contributed by atoms with van der Waals surface area (Å²) in [5.74, 6) is -2.11. The Hall–Kier alpha value is -2.20. The van der Waals surface area contributed by atoms with Crippen LogP contribution in [0.5, 0.6) is 0 Å². The van der Waals surface area contributed by atoms with E-state index in [9.17, 15) is 19.2 Å². The number of esters is 4. The number of carbonyl (C=O) groups excluding carboxylic acids is 4. The second-order valence-corrected chi connectivity index (χ2v) is 4.74. The molecule has 0 fully saturated rings. The molecule has 0 radical (unpaired) electrons. The van der Waals surface area contributed by atoms with Gasteiger partial charge in [-0.05, 0) is 27.7 Å². The number of nitrogens with two attached hydrogens (primary N) is 2. The lowest BCUT2D eigenvalue weighted by Crippen LogP contribution is -2.35. The van der Waals surface area contributed by atoms with Gasteiger partial charge < -0.3 is 30.4 Å². The van der Waals surface area contributed by atoms with Crippen LogP contribution in [-0.4, -0.2) is 62.4 Å². The highest BCUT2D eigenvalue weighted by Crippen LogP contribution is 1.96. The minimum atomic E-state index is -0.918. The molecule has 26 heavy (non-hydrogen) atoms. The average Bonchev–Trinajstić information content (AvgIpc) is 2.56. The van der Waals surface area contributed by atoms with Gasteiger partial charge in [0.1, 0.15) is 12.1 Å². The molecule has 0 aliphatic heterocycles. The summed E-state index contributed by atoms with van der Waals surface area (Å²) in [5.41, 5.74) is 10.7. The molecule has 0 aromatic rings. The van der Waals surface area contributed by atoms with Crippen LogP contribution in [0.25, 0.3) is 0 Å². The highest BCUT2D eigenvalue weighted by molar-refractivity contribution is 5.83. The third kappa shape index (κ3) is 14.2. The topological polar surface area (TPSA) is 157 Å². The monoisotopic (exact) mass is 378 g/mol. The van der Waals surface area contributed by atoms with Crippen molar-refractivity contribution < 1.29 is 38.1 Å². The molecule has 0 spiro atoms. The summed E-state index contributed by atoms with van der Waals surface area (Å²) >= 11 is 0. The predicted molar refractivity (Wildman–Crippen MR) is 91.7 cm³/mol. The lowest BCUT2D eigenvalue weighted by atomic mass is 10.2. The van der Waals surface area contributed by atoms with Crippen molar-refractivity contribution in [3.05, 3.63) is 0 Å². The molecule has 0 aromatic carbocycles. The number of carbonyl (C=O) groups is 4. The van der Waals surface area contributed by atoms with Crippen molar-refractivity contribution in [2.75, 3.05) is 26.4 Å². The van der Waals surface area contributed by atoms with E-state index in [-0.39, 0.29) is 39.3 Å². The van der Waals surface area contributed by atoms with Crippen molar-refractivity contribution in [1.29, 1.82) is 0 Å². The Morgan fingerprint density at radius 3 is 1.12 bits per heavy atom. The SMILES string of the molecule is CCOC(=O)C[C@H](N)C(=O)OCC.CCOC(=O)C[C@H](N)C(=O)OCC. The Bertz CT molecular complexity index is 402. The summed E-state index contributed by atoms with van der Waals surface area (Å²) in [6.07, 6.45) is -0.265. The van der Waals surface area contributed by atoms with E-state index in [1.165, 1.54) is 0 Å². The zero-order valence-corrected chi connectivity index (χ0v) is 15.8. The lowest BCUT2D eigenvalue weighted by Gasteiger charge is -2.09. The smallest absolute Gasteiger partial charge is 0.323 e. The fraction of sp³-hybridized carbons (Fsp3) is 0.750. The third-order valence-corrected chi connectivity index (χ3v) is 2.56. The first-order valence-electron chi connectivity index (χ1n) is 8.38. The molecule has 0 rings (SSSR count). The molecule has 0 aromatic heterocycles. The molecule has 152 valence electrons. The van der Waals surface area contributed by atoms with Crippen LogP contribution in [0.15, 0.2) is 0 Å². The lowest BCUT2D eigenvalue weighted by molar-refractivity contribution is -0.151. The first-order valence-corrected chi connectivity index (χ1v) is 8.38. The summed E-state index contributed by atoms with van der Waals surface area (Å²) in [4.78, 5) is 43.6. The molecule has 0 aliphatic carbocycles. The number of hydrogen-bond acceptors (Lipinski definition) is 10. The molecule has 0 heterocycles. The molecular formula is C16H30N2O8. The van der Waals surface area contributed by atoms with Crippen molar-refractivity contribution in [2.24, 2.45) is 11.5 Å². The Kier molecular flexibility index (Phi) is 16.3. The van der Waals surface area contributed by atoms with Crippen LogP contribution in [0.1, 0.15) is 40.5 Å². The van der Waals surface area contributed by atoms with Gasteiger partial charge in [-0.2, -0.15) is 0 Å². The molecule has 0 saturated carbocycles. The zero-order chi connectivity index (χ0) is 20.5. The molecule has 0 unspecified atom stereocenters. The second kappa shape index (κ2) is 16.3. The molecule has 10 heteroatoms. The molecule has 0 aliphatic rings. The van der Waals surface area contributed by atoms with Crippen LogP contribution in [0.3, 0.4) is 0 Å². The summed E-state index contributed by atoms with van der Waals surface area (Å²) in [7, 11) is 0. The van der Waals surface area contributed by atoms with Crippen LogP contribution in [0.2, 0.25) is 0 Å². The van der Waals surface area contributed by atoms with Crippen molar-refractivity contribution in [2.45, 2.75) is 52.6 Å². The molecule has 4 N–H and O–H groups in total.